The Balaban J connectivity index is 1.93. The molecule has 0 aromatic heterocycles. The molecule has 3 N–H and O–H groups in total. The molecule has 1 aliphatic heterocycles. The van der Waals surface area contributed by atoms with Crippen LogP contribution in [0.15, 0.2) is 0 Å². The quantitative estimate of drug-likeness (QED) is 0.516. The average molecular weight is 126 g/mol. The number of nitrogens with one attached hydrogen (secondary N) is 1. The summed E-state index contributed by atoms with van der Waals surface area (Å²) in [4.78, 5) is 0. The molecule has 1 saturated carbocycles. The van der Waals surface area contributed by atoms with Crippen molar-refractivity contribution in [3.05, 3.63) is 0 Å². The molecule has 3 atom stereocenters. The van der Waals surface area contributed by atoms with Crippen molar-refractivity contribution in [2.45, 2.75) is 18.9 Å². The van der Waals surface area contributed by atoms with E-state index in [1.807, 2.05) is 0 Å². The summed E-state index contributed by atoms with van der Waals surface area (Å²) in [6.07, 6.45) is 2.77. The number of fused-ring (bicyclic) bond motifs is 1. The second-order valence-electron chi connectivity index (χ2n) is 3.26. The number of hydrogen-bond acceptors (Lipinski definition) is 2. The largest absolute Gasteiger partial charge is 0.330 e. The molecule has 0 radical (unpaired) electrons. The molecule has 52 valence electrons. The van der Waals surface area contributed by atoms with Crippen LogP contribution in [0, 0.1) is 11.8 Å². The van der Waals surface area contributed by atoms with Gasteiger partial charge in [0.15, 0.2) is 0 Å². The third-order valence-electron chi connectivity index (χ3n) is 2.82. The van der Waals surface area contributed by atoms with E-state index in [0.29, 0.717) is 0 Å². The van der Waals surface area contributed by atoms with Crippen LogP contribution < -0.4 is 11.1 Å². The summed E-state index contributed by atoms with van der Waals surface area (Å²) < 4.78 is 0. The standard InChI is InChI=1S/C7H14N2/c8-4-6-3-5-1-2-9-7(5)6/h5-7,9H,1-4,8H2. The summed E-state index contributed by atoms with van der Waals surface area (Å²) in [7, 11) is 0. The lowest BCUT2D eigenvalue weighted by Crippen LogP contribution is -2.48. The normalized spacial score (nSPS) is 48.3. The molecule has 1 saturated heterocycles. The Kier molecular flexibility index (Phi) is 1.24. The molecule has 2 rings (SSSR count). The highest BCUT2D eigenvalue weighted by Crippen LogP contribution is 2.38. The van der Waals surface area contributed by atoms with Crippen LogP contribution >= 0.6 is 0 Å². The Hall–Kier alpha value is -0.0800. The van der Waals surface area contributed by atoms with Crippen molar-refractivity contribution in [3.8, 4) is 0 Å². The van der Waals surface area contributed by atoms with Crippen molar-refractivity contribution < 1.29 is 0 Å². The molecule has 2 nitrogen and oxygen atoms in total. The highest BCUT2D eigenvalue weighted by Gasteiger charge is 2.42. The molecule has 1 heterocycles. The molecule has 0 spiro atoms. The summed E-state index contributed by atoms with van der Waals surface area (Å²) in [6, 6.07) is 0.801. The van der Waals surface area contributed by atoms with Crippen molar-refractivity contribution in [1.82, 2.24) is 5.32 Å². The summed E-state index contributed by atoms with van der Waals surface area (Å²) >= 11 is 0. The van der Waals surface area contributed by atoms with Crippen molar-refractivity contribution in [2.24, 2.45) is 17.6 Å². The van der Waals surface area contributed by atoms with Gasteiger partial charge < -0.3 is 11.1 Å². The molecule has 2 heteroatoms. The number of nitrogens with two attached hydrogens (primary N) is 1. The van der Waals surface area contributed by atoms with Crippen molar-refractivity contribution >= 4 is 0 Å². The molecule has 0 amide bonds. The van der Waals surface area contributed by atoms with Crippen LogP contribution in [0.1, 0.15) is 12.8 Å². The third-order valence-corrected chi connectivity index (χ3v) is 2.82. The maximum absolute atomic E-state index is 5.55. The highest BCUT2D eigenvalue weighted by molar-refractivity contribution is 4.99. The van der Waals surface area contributed by atoms with E-state index in [4.69, 9.17) is 5.73 Å². The maximum Gasteiger partial charge on any atom is 0.0136 e. The smallest absolute Gasteiger partial charge is 0.0136 e. The minimum Gasteiger partial charge on any atom is -0.330 e. The first-order valence-electron chi connectivity index (χ1n) is 3.85. The zero-order chi connectivity index (χ0) is 6.27. The first-order chi connectivity index (χ1) is 4.42. The molecule has 2 fully saturated rings. The van der Waals surface area contributed by atoms with Crippen LogP contribution in [0.25, 0.3) is 0 Å². The summed E-state index contributed by atoms with van der Waals surface area (Å²) in [5.41, 5.74) is 5.55. The van der Waals surface area contributed by atoms with E-state index in [0.717, 1.165) is 24.4 Å². The first-order valence-corrected chi connectivity index (χ1v) is 3.85. The molecule has 3 unspecified atom stereocenters. The van der Waals surface area contributed by atoms with Crippen LogP contribution in [0.3, 0.4) is 0 Å². The minimum absolute atomic E-state index is 0.801. The van der Waals surface area contributed by atoms with Crippen LogP contribution in [0.4, 0.5) is 0 Å². The maximum atomic E-state index is 5.55. The first kappa shape index (κ1) is 5.69. The van der Waals surface area contributed by atoms with Crippen LogP contribution in [0.5, 0.6) is 0 Å². The van der Waals surface area contributed by atoms with Gasteiger partial charge in [-0.3, -0.25) is 0 Å². The van der Waals surface area contributed by atoms with E-state index < -0.39 is 0 Å². The van der Waals surface area contributed by atoms with Crippen LogP contribution in [-0.4, -0.2) is 19.1 Å². The van der Waals surface area contributed by atoms with E-state index in [9.17, 15) is 0 Å². The van der Waals surface area contributed by atoms with Gasteiger partial charge in [-0.2, -0.15) is 0 Å². The van der Waals surface area contributed by atoms with Crippen molar-refractivity contribution in [1.29, 1.82) is 0 Å². The predicted octanol–water partition coefficient (Wildman–Crippen LogP) is -0.0569. The molecular formula is C7H14N2. The molecule has 0 aromatic rings. The molecule has 2 aliphatic rings. The van der Waals surface area contributed by atoms with E-state index in [1.165, 1.54) is 19.4 Å². The van der Waals surface area contributed by atoms with E-state index in [1.54, 1.807) is 0 Å². The Morgan fingerprint density at radius 3 is 3.11 bits per heavy atom. The second-order valence-corrected chi connectivity index (χ2v) is 3.26. The van der Waals surface area contributed by atoms with Gasteiger partial charge >= 0.3 is 0 Å². The fourth-order valence-corrected chi connectivity index (χ4v) is 2.18. The van der Waals surface area contributed by atoms with Gasteiger partial charge in [0.2, 0.25) is 0 Å². The number of hydrogen-bond donors (Lipinski definition) is 2. The topological polar surface area (TPSA) is 38.0 Å². The fourth-order valence-electron chi connectivity index (χ4n) is 2.18. The van der Waals surface area contributed by atoms with Crippen molar-refractivity contribution in [3.63, 3.8) is 0 Å². The third kappa shape index (κ3) is 0.700. The van der Waals surface area contributed by atoms with Crippen LogP contribution in [-0.2, 0) is 0 Å². The van der Waals surface area contributed by atoms with Gasteiger partial charge in [0.1, 0.15) is 0 Å². The summed E-state index contributed by atoms with van der Waals surface area (Å²) in [5.74, 6) is 1.79. The van der Waals surface area contributed by atoms with Gasteiger partial charge in [-0.25, -0.2) is 0 Å². The van der Waals surface area contributed by atoms with Crippen molar-refractivity contribution in [2.75, 3.05) is 13.1 Å². The molecular weight excluding hydrogens is 112 g/mol. The Morgan fingerprint density at radius 1 is 1.56 bits per heavy atom. The van der Waals surface area contributed by atoms with E-state index >= 15 is 0 Å². The van der Waals surface area contributed by atoms with Gasteiger partial charge in [-0.15, -0.1) is 0 Å². The predicted molar refractivity (Wildman–Crippen MR) is 37.1 cm³/mol. The average Bonchev–Trinajstić information content (AvgIpc) is 2.14. The van der Waals surface area contributed by atoms with Gasteiger partial charge in [0.25, 0.3) is 0 Å². The molecule has 9 heavy (non-hydrogen) atoms. The van der Waals surface area contributed by atoms with Gasteiger partial charge in [-0.05, 0) is 37.8 Å². The fraction of sp³-hybridized carbons (Fsp3) is 1.00. The summed E-state index contributed by atoms with van der Waals surface area (Å²) in [5, 5.41) is 3.48. The summed E-state index contributed by atoms with van der Waals surface area (Å²) in [6.45, 7) is 2.11. The van der Waals surface area contributed by atoms with E-state index in [-0.39, 0.29) is 0 Å². The molecule has 1 aliphatic carbocycles. The number of rotatable bonds is 1. The lowest BCUT2D eigenvalue weighted by atomic mass is 9.71. The SMILES string of the molecule is NCC1CC2CCNC12. The Labute approximate surface area is 55.8 Å². The molecule has 0 aromatic carbocycles. The Bertz CT molecular complexity index is 113. The lowest BCUT2D eigenvalue weighted by Gasteiger charge is -2.39. The Morgan fingerprint density at radius 2 is 2.44 bits per heavy atom. The van der Waals surface area contributed by atoms with Gasteiger partial charge in [0, 0.05) is 6.04 Å². The lowest BCUT2D eigenvalue weighted by molar-refractivity contribution is 0.163. The minimum atomic E-state index is 0.801. The second kappa shape index (κ2) is 1.96. The van der Waals surface area contributed by atoms with Gasteiger partial charge in [0.05, 0.1) is 0 Å². The molecule has 0 bridgehead atoms. The zero-order valence-electron chi connectivity index (χ0n) is 5.64. The highest BCUT2D eigenvalue weighted by atomic mass is 15.0. The van der Waals surface area contributed by atoms with Crippen LogP contribution in [0.2, 0.25) is 0 Å². The zero-order valence-corrected chi connectivity index (χ0v) is 5.64. The van der Waals surface area contributed by atoms with Gasteiger partial charge in [-0.1, -0.05) is 0 Å². The van der Waals surface area contributed by atoms with E-state index in [2.05, 4.69) is 5.32 Å². The monoisotopic (exact) mass is 126 g/mol.